The number of aromatic nitrogens is 2. The van der Waals surface area contributed by atoms with Crippen LogP contribution in [0.2, 0.25) is 0 Å². The second-order valence-electron chi connectivity index (χ2n) is 7.12. The van der Waals surface area contributed by atoms with E-state index in [0.29, 0.717) is 5.92 Å². The summed E-state index contributed by atoms with van der Waals surface area (Å²) >= 11 is 0. The van der Waals surface area contributed by atoms with E-state index in [1.807, 2.05) is 6.07 Å². The highest BCUT2D eigenvalue weighted by Gasteiger charge is 2.45. The summed E-state index contributed by atoms with van der Waals surface area (Å²) < 4.78 is 0. The normalized spacial score (nSPS) is 23.3. The van der Waals surface area contributed by atoms with Crippen molar-refractivity contribution in [2.45, 2.75) is 38.1 Å². The molecular formula is C20H24N4O. The number of amides is 1. The van der Waals surface area contributed by atoms with Crippen LogP contribution in [0.4, 0.5) is 5.95 Å². The molecule has 1 N–H and O–H groups in total. The summed E-state index contributed by atoms with van der Waals surface area (Å²) in [5.74, 6) is 1.56. The van der Waals surface area contributed by atoms with Crippen LogP contribution in [0.5, 0.6) is 0 Å². The fourth-order valence-corrected chi connectivity index (χ4v) is 3.82. The number of nitrogens with zero attached hydrogens (tertiary/aromatic N) is 3. The number of aryl methyl sites for hydroxylation is 1. The smallest absolute Gasteiger partial charge is 0.225 e. The van der Waals surface area contributed by atoms with Crippen molar-refractivity contribution in [3.8, 4) is 0 Å². The third-order valence-corrected chi connectivity index (χ3v) is 5.39. The molecule has 1 aliphatic heterocycles. The molecule has 2 atom stereocenters. The lowest BCUT2D eigenvalue weighted by atomic mass is 10.0. The fourth-order valence-electron chi connectivity index (χ4n) is 3.82. The minimum absolute atomic E-state index is 0.150. The molecule has 5 nitrogen and oxygen atoms in total. The molecule has 130 valence electrons. The molecular weight excluding hydrogens is 312 g/mol. The van der Waals surface area contributed by atoms with E-state index in [-0.39, 0.29) is 17.9 Å². The van der Waals surface area contributed by atoms with Crippen molar-refractivity contribution in [1.82, 2.24) is 15.3 Å². The standard InChI is InChI=1S/C20H24N4O/c1-14-5-2-3-6-16(14)17-13-18(17)19(25)23-15-7-11-24(12-8-15)20-21-9-4-10-22-20/h2-6,9-10,15,17-18H,7-8,11-13H2,1H3,(H,23,25). The minimum Gasteiger partial charge on any atom is -0.353 e. The third-order valence-electron chi connectivity index (χ3n) is 5.39. The Labute approximate surface area is 148 Å². The fraction of sp³-hybridized carbons (Fsp3) is 0.450. The molecule has 25 heavy (non-hydrogen) atoms. The topological polar surface area (TPSA) is 58.1 Å². The Hall–Kier alpha value is -2.43. The molecule has 2 heterocycles. The van der Waals surface area contributed by atoms with E-state index in [1.165, 1.54) is 11.1 Å². The van der Waals surface area contributed by atoms with Crippen LogP contribution in [-0.2, 0) is 4.79 Å². The van der Waals surface area contributed by atoms with Crippen molar-refractivity contribution in [2.75, 3.05) is 18.0 Å². The number of nitrogens with one attached hydrogen (secondary N) is 1. The minimum atomic E-state index is 0.150. The molecule has 1 saturated carbocycles. The predicted molar refractivity (Wildman–Crippen MR) is 97.4 cm³/mol. The molecule has 1 aliphatic carbocycles. The Morgan fingerprint density at radius 1 is 1.12 bits per heavy atom. The van der Waals surface area contributed by atoms with Gasteiger partial charge in [0, 0.05) is 37.4 Å². The van der Waals surface area contributed by atoms with Gasteiger partial charge in [-0.2, -0.15) is 0 Å². The van der Waals surface area contributed by atoms with E-state index in [4.69, 9.17) is 0 Å². The number of benzene rings is 1. The molecule has 1 aromatic heterocycles. The van der Waals surface area contributed by atoms with Crippen LogP contribution in [0.1, 0.15) is 36.3 Å². The Morgan fingerprint density at radius 3 is 2.56 bits per heavy atom. The van der Waals surface area contributed by atoms with Crippen molar-refractivity contribution in [2.24, 2.45) is 5.92 Å². The van der Waals surface area contributed by atoms with Gasteiger partial charge in [0.25, 0.3) is 0 Å². The Kier molecular flexibility index (Phi) is 4.38. The second-order valence-corrected chi connectivity index (χ2v) is 7.12. The van der Waals surface area contributed by atoms with Gasteiger partial charge in [0.05, 0.1) is 0 Å². The van der Waals surface area contributed by atoms with Gasteiger partial charge in [-0.1, -0.05) is 24.3 Å². The van der Waals surface area contributed by atoms with Gasteiger partial charge in [0.2, 0.25) is 11.9 Å². The lowest BCUT2D eigenvalue weighted by Crippen LogP contribution is -2.45. The van der Waals surface area contributed by atoms with Crippen LogP contribution >= 0.6 is 0 Å². The molecule has 4 rings (SSSR count). The zero-order chi connectivity index (χ0) is 17.2. The lowest BCUT2D eigenvalue weighted by Gasteiger charge is -2.32. The van der Waals surface area contributed by atoms with Crippen LogP contribution < -0.4 is 10.2 Å². The summed E-state index contributed by atoms with van der Waals surface area (Å²) in [4.78, 5) is 23.4. The van der Waals surface area contributed by atoms with Crippen LogP contribution in [0, 0.1) is 12.8 Å². The van der Waals surface area contributed by atoms with Gasteiger partial charge in [-0.3, -0.25) is 4.79 Å². The monoisotopic (exact) mass is 336 g/mol. The third kappa shape index (κ3) is 3.50. The molecule has 1 saturated heterocycles. The molecule has 2 fully saturated rings. The molecule has 2 aromatic rings. The predicted octanol–water partition coefficient (Wildman–Crippen LogP) is 2.67. The molecule has 1 amide bonds. The average molecular weight is 336 g/mol. The first kappa shape index (κ1) is 16.1. The lowest BCUT2D eigenvalue weighted by molar-refractivity contribution is -0.123. The van der Waals surface area contributed by atoms with E-state index in [9.17, 15) is 4.79 Å². The number of hydrogen-bond donors (Lipinski definition) is 1. The maximum Gasteiger partial charge on any atom is 0.225 e. The number of piperidine rings is 1. The number of anilines is 1. The number of carbonyl (C=O) groups excluding carboxylic acids is 1. The van der Waals surface area contributed by atoms with Crippen LogP contribution in [-0.4, -0.2) is 35.0 Å². The van der Waals surface area contributed by atoms with E-state index in [1.54, 1.807) is 12.4 Å². The molecule has 2 unspecified atom stereocenters. The van der Waals surface area contributed by atoms with Crippen molar-refractivity contribution >= 4 is 11.9 Å². The van der Waals surface area contributed by atoms with Crippen LogP contribution in [0.3, 0.4) is 0 Å². The SMILES string of the molecule is Cc1ccccc1C1CC1C(=O)NC1CCN(c2ncccn2)CC1. The quantitative estimate of drug-likeness (QED) is 0.932. The number of rotatable bonds is 4. The van der Waals surface area contributed by atoms with Gasteiger partial charge in [-0.15, -0.1) is 0 Å². The zero-order valence-electron chi connectivity index (χ0n) is 14.6. The Morgan fingerprint density at radius 2 is 1.84 bits per heavy atom. The summed E-state index contributed by atoms with van der Waals surface area (Å²) in [6.07, 6.45) is 6.43. The summed E-state index contributed by atoms with van der Waals surface area (Å²) in [6.45, 7) is 3.91. The highest BCUT2D eigenvalue weighted by atomic mass is 16.2. The molecule has 1 aromatic carbocycles. The maximum absolute atomic E-state index is 12.6. The first-order valence-corrected chi connectivity index (χ1v) is 9.10. The largest absolute Gasteiger partial charge is 0.353 e. The Balaban J connectivity index is 1.28. The molecule has 2 aliphatic rings. The van der Waals surface area contributed by atoms with Gasteiger partial charge >= 0.3 is 0 Å². The van der Waals surface area contributed by atoms with Crippen LogP contribution in [0.25, 0.3) is 0 Å². The van der Waals surface area contributed by atoms with E-state index in [2.05, 4.69) is 51.4 Å². The maximum atomic E-state index is 12.6. The van der Waals surface area contributed by atoms with Crippen LogP contribution in [0.15, 0.2) is 42.7 Å². The number of hydrogen-bond acceptors (Lipinski definition) is 4. The van der Waals surface area contributed by atoms with E-state index >= 15 is 0 Å². The van der Waals surface area contributed by atoms with E-state index in [0.717, 1.165) is 38.3 Å². The summed E-state index contributed by atoms with van der Waals surface area (Å²) in [5, 5.41) is 3.27. The van der Waals surface area contributed by atoms with Crippen molar-refractivity contribution < 1.29 is 4.79 Å². The summed E-state index contributed by atoms with van der Waals surface area (Å²) in [7, 11) is 0. The van der Waals surface area contributed by atoms with Gasteiger partial charge < -0.3 is 10.2 Å². The van der Waals surface area contributed by atoms with Gasteiger partial charge in [-0.25, -0.2) is 9.97 Å². The first-order chi connectivity index (χ1) is 12.2. The first-order valence-electron chi connectivity index (χ1n) is 9.10. The second kappa shape index (κ2) is 6.82. The molecule has 0 radical (unpaired) electrons. The average Bonchev–Trinajstić information content (AvgIpc) is 3.44. The van der Waals surface area contributed by atoms with Crippen molar-refractivity contribution in [3.63, 3.8) is 0 Å². The molecule has 0 spiro atoms. The Bertz CT molecular complexity index is 740. The summed E-state index contributed by atoms with van der Waals surface area (Å²) in [6, 6.07) is 10.5. The molecule has 0 bridgehead atoms. The highest BCUT2D eigenvalue weighted by Crippen LogP contribution is 2.48. The number of carbonyl (C=O) groups is 1. The zero-order valence-corrected chi connectivity index (χ0v) is 14.6. The van der Waals surface area contributed by atoms with Gasteiger partial charge in [-0.05, 0) is 49.3 Å². The highest BCUT2D eigenvalue weighted by molar-refractivity contribution is 5.83. The van der Waals surface area contributed by atoms with E-state index < -0.39 is 0 Å². The van der Waals surface area contributed by atoms with Gasteiger partial charge in [0.1, 0.15) is 0 Å². The van der Waals surface area contributed by atoms with Gasteiger partial charge in [0.15, 0.2) is 0 Å². The molecule has 5 heteroatoms. The van der Waals surface area contributed by atoms with Crippen molar-refractivity contribution in [3.05, 3.63) is 53.9 Å². The van der Waals surface area contributed by atoms with Crippen molar-refractivity contribution in [1.29, 1.82) is 0 Å². The summed E-state index contributed by atoms with van der Waals surface area (Å²) in [5.41, 5.74) is 2.62.